The molecule has 3 heterocycles. The molecule has 4 rings (SSSR count). The summed E-state index contributed by atoms with van der Waals surface area (Å²) < 4.78 is 7.68. The first-order valence-electron chi connectivity index (χ1n) is 8.92. The molecule has 1 aliphatic rings. The summed E-state index contributed by atoms with van der Waals surface area (Å²) >= 11 is 0. The molecule has 1 fully saturated rings. The standard InChI is InChI=1S/C20H21N5O2/c1-15-12-16(25-10-3-9-22-25)5-6-19(15)23-20(26)24-11-7-18(14-24)27-17-4-2-8-21-13-17/h2-6,8-10,12-13,18H,7,11,14H2,1H3,(H,23,26). The van der Waals surface area contributed by atoms with E-state index >= 15 is 0 Å². The van der Waals surface area contributed by atoms with Crippen molar-refractivity contribution in [2.75, 3.05) is 18.4 Å². The van der Waals surface area contributed by atoms with Crippen molar-refractivity contribution >= 4 is 11.7 Å². The lowest BCUT2D eigenvalue weighted by Crippen LogP contribution is -2.34. The summed E-state index contributed by atoms with van der Waals surface area (Å²) in [6.07, 6.45) is 7.82. The summed E-state index contributed by atoms with van der Waals surface area (Å²) in [7, 11) is 0. The van der Waals surface area contributed by atoms with Crippen LogP contribution in [0.2, 0.25) is 0 Å². The van der Waals surface area contributed by atoms with Gasteiger partial charge in [0.25, 0.3) is 0 Å². The monoisotopic (exact) mass is 363 g/mol. The predicted molar refractivity (Wildman–Crippen MR) is 102 cm³/mol. The molecule has 138 valence electrons. The molecular weight excluding hydrogens is 342 g/mol. The number of ether oxygens (including phenoxy) is 1. The lowest BCUT2D eigenvalue weighted by molar-refractivity contribution is 0.194. The third-order valence-electron chi connectivity index (χ3n) is 4.59. The number of amides is 2. The minimum atomic E-state index is -0.109. The minimum absolute atomic E-state index is 0.0109. The molecule has 0 spiro atoms. The van der Waals surface area contributed by atoms with E-state index in [0.29, 0.717) is 13.1 Å². The first-order valence-corrected chi connectivity index (χ1v) is 8.92. The highest BCUT2D eigenvalue weighted by Crippen LogP contribution is 2.21. The number of rotatable bonds is 4. The number of nitrogens with zero attached hydrogens (tertiary/aromatic N) is 4. The molecule has 1 atom stereocenters. The van der Waals surface area contributed by atoms with Gasteiger partial charge in [-0.2, -0.15) is 5.10 Å². The predicted octanol–water partition coefficient (Wildman–Crippen LogP) is 3.26. The van der Waals surface area contributed by atoms with Crippen LogP contribution < -0.4 is 10.1 Å². The van der Waals surface area contributed by atoms with Gasteiger partial charge in [0, 0.05) is 37.2 Å². The second kappa shape index (κ2) is 7.49. The second-order valence-electron chi connectivity index (χ2n) is 6.54. The van der Waals surface area contributed by atoms with E-state index in [2.05, 4.69) is 15.4 Å². The number of carbonyl (C=O) groups excluding carboxylic acids is 1. The van der Waals surface area contributed by atoms with Crippen LogP contribution in [-0.4, -0.2) is 44.9 Å². The van der Waals surface area contributed by atoms with Crippen molar-refractivity contribution in [2.24, 2.45) is 0 Å². The molecule has 1 aliphatic heterocycles. The van der Waals surface area contributed by atoms with Crippen LogP contribution in [0.4, 0.5) is 10.5 Å². The Balaban J connectivity index is 1.37. The highest BCUT2D eigenvalue weighted by Gasteiger charge is 2.28. The quantitative estimate of drug-likeness (QED) is 0.772. The van der Waals surface area contributed by atoms with Crippen molar-refractivity contribution in [1.29, 1.82) is 0 Å². The molecule has 7 heteroatoms. The summed E-state index contributed by atoms with van der Waals surface area (Å²) in [6, 6.07) is 11.3. The van der Waals surface area contributed by atoms with Gasteiger partial charge in [0.2, 0.25) is 0 Å². The normalized spacial score (nSPS) is 16.3. The van der Waals surface area contributed by atoms with Crippen molar-refractivity contribution in [3.8, 4) is 11.4 Å². The van der Waals surface area contributed by atoms with E-state index in [4.69, 9.17) is 4.74 Å². The molecule has 1 aromatic carbocycles. The zero-order valence-electron chi connectivity index (χ0n) is 15.1. The molecule has 2 amide bonds. The Kier molecular flexibility index (Phi) is 4.74. The van der Waals surface area contributed by atoms with Crippen LogP contribution in [0, 0.1) is 6.92 Å². The first-order chi connectivity index (χ1) is 13.2. The molecule has 1 saturated heterocycles. The van der Waals surface area contributed by atoms with Crippen LogP contribution in [0.1, 0.15) is 12.0 Å². The SMILES string of the molecule is Cc1cc(-n2cccn2)ccc1NC(=O)N1CCC(Oc2cccnc2)C1. The lowest BCUT2D eigenvalue weighted by Gasteiger charge is -2.19. The number of hydrogen-bond acceptors (Lipinski definition) is 4. The van der Waals surface area contributed by atoms with E-state index in [9.17, 15) is 4.79 Å². The molecular formula is C20H21N5O2. The van der Waals surface area contributed by atoms with Gasteiger partial charge in [-0.15, -0.1) is 0 Å². The largest absolute Gasteiger partial charge is 0.487 e. The molecule has 3 aromatic rings. The van der Waals surface area contributed by atoms with Crippen LogP contribution in [0.15, 0.2) is 61.2 Å². The fourth-order valence-electron chi connectivity index (χ4n) is 3.16. The molecule has 1 N–H and O–H groups in total. The Labute approximate surface area is 157 Å². The van der Waals surface area contributed by atoms with Crippen molar-refractivity contribution in [1.82, 2.24) is 19.7 Å². The van der Waals surface area contributed by atoms with Gasteiger partial charge in [0.1, 0.15) is 11.9 Å². The number of likely N-dealkylation sites (tertiary alicyclic amines) is 1. The van der Waals surface area contributed by atoms with Gasteiger partial charge in [-0.25, -0.2) is 9.48 Å². The Hall–Kier alpha value is -3.35. The highest BCUT2D eigenvalue weighted by atomic mass is 16.5. The topological polar surface area (TPSA) is 72.3 Å². The van der Waals surface area contributed by atoms with Gasteiger partial charge in [0.05, 0.1) is 18.4 Å². The third-order valence-corrected chi connectivity index (χ3v) is 4.59. The number of hydrogen-bond donors (Lipinski definition) is 1. The molecule has 0 aliphatic carbocycles. The molecule has 0 radical (unpaired) electrons. The van der Waals surface area contributed by atoms with E-state index in [-0.39, 0.29) is 12.1 Å². The number of aromatic nitrogens is 3. The smallest absolute Gasteiger partial charge is 0.321 e. The molecule has 2 aromatic heterocycles. The van der Waals surface area contributed by atoms with Gasteiger partial charge in [-0.1, -0.05) is 0 Å². The number of aryl methyl sites for hydroxylation is 1. The van der Waals surface area contributed by atoms with E-state index in [1.54, 1.807) is 28.2 Å². The van der Waals surface area contributed by atoms with Crippen LogP contribution >= 0.6 is 0 Å². The molecule has 0 bridgehead atoms. The Bertz CT molecular complexity index is 911. The number of nitrogens with one attached hydrogen (secondary N) is 1. The lowest BCUT2D eigenvalue weighted by atomic mass is 10.2. The maximum Gasteiger partial charge on any atom is 0.321 e. The van der Waals surface area contributed by atoms with Crippen LogP contribution in [0.3, 0.4) is 0 Å². The number of anilines is 1. The minimum Gasteiger partial charge on any atom is -0.487 e. The summed E-state index contributed by atoms with van der Waals surface area (Å²) in [4.78, 5) is 18.4. The number of carbonyl (C=O) groups is 1. The number of benzene rings is 1. The fraction of sp³-hybridized carbons (Fsp3) is 0.250. The first kappa shape index (κ1) is 17.1. The molecule has 27 heavy (non-hydrogen) atoms. The van der Waals surface area contributed by atoms with Crippen LogP contribution in [0.5, 0.6) is 5.75 Å². The van der Waals surface area contributed by atoms with Crippen LogP contribution in [-0.2, 0) is 0 Å². The Morgan fingerprint density at radius 3 is 2.93 bits per heavy atom. The molecule has 1 unspecified atom stereocenters. The zero-order chi connectivity index (χ0) is 18.6. The Morgan fingerprint density at radius 2 is 2.19 bits per heavy atom. The van der Waals surface area contributed by atoms with Crippen LogP contribution in [0.25, 0.3) is 5.69 Å². The Morgan fingerprint density at radius 1 is 1.26 bits per heavy atom. The summed E-state index contributed by atoms with van der Waals surface area (Å²) in [5.74, 6) is 0.731. The average Bonchev–Trinajstić information content (AvgIpc) is 3.36. The maximum atomic E-state index is 12.6. The van der Waals surface area contributed by atoms with Crippen molar-refractivity contribution in [3.05, 3.63) is 66.7 Å². The van der Waals surface area contributed by atoms with E-state index in [0.717, 1.165) is 29.1 Å². The van der Waals surface area contributed by atoms with E-state index in [1.807, 2.05) is 49.5 Å². The van der Waals surface area contributed by atoms with Gasteiger partial charge < -0.3 is 15.0 Å². The van der Waals surface area contributed by atoms with Gasteiger partial charge >= 0.3 is 6.03 Å². The van der Waals surface area contributed by atoms with Crippen molar-refractivity contribution in [3.63, 3.8) is 0 Å². The third kappa shape index (κ3) is 3.92. The van der Waals surface area contributed by atoms with Gasteiger partial charge in [0.15, 0.2) is 0 Å². The van der Waals surface area contributed by atoms with Gasteiger partial charge in [-0.3, -0.25) is 4.98 Å². The summed E-state index contributed by atoms with van der Waals surface area (Å²) in [5.41, 5.74) is 2.74. The fourth-order valence-corrected chi connectivity index (χ4v) is 3.16. The van der Waals surface area contributed by atoms with Crippen molar-refractivity contribution in [2.45, 2.75) is 19.4 Å². The second-order valence-corrected chi connectivity index (χ2v) is 6.54. The average molecular weight is 363 g/mol. The summed E-state index contributed by atoms with van der Waals surface area (Å²) in [6.45, 7) is 3.20. The highest BCUT2D eigenvalue weighted by molar-refractivity contribution is 5.90. The van der Waals surface area contributed by atoms with Gasteiger partial charge in [-0.05, 0) is 48.9 Å². The van der Waals surface area contributed by atoms with Crippen molar-refractivity contribution < 1.29 is 9.53 Å². The molecule has 0 saturated carbocycles. The van der Waals surface area contributed by atoms with E-state index in [1.165, 1.54) is 0 Å². The number of pyridine rings is 1. The summed E-state index contributed by atoms with van der Waals surface area (Å²) in [5, 5.41) is 7.23. The maximum absolute atomic E-state index is 12.6. The zero-order valence-corrected chi connectivity index (χ0v) is 15.1. The number of urea groups is 1. The molecule has 7 nitrogen and oxygen atoms in total. The van der Waals surface area contributed by atoms with E-state index < -0.39 is 0 Å².